The smallest absolute Gasteiger partial charge is 0.434 e. The molecule has 0 radical (unpaired) electrons. The lowest BCUT2D eigenvalue weighted by Crippen LogP contribution is -2.37. The van der Waals surface area contributed by atoms with Crippen molar-refractivity contribution >= 4 is 22.9 Å². The van der Waals surface area contributed by atoms with E-state index in [1.807, 2.05) is 17.3 Å². The Labute approximate surface area is 239 Å². The predicted octanol–water partition coefficient (Wildman–Crippen LogP) is 5.78. The van der Waals surface area contributed by atoms with Gasteiger partial charge in [0, 0.05) is 24.5 Å². The molecule has 1 N–H and O–H groups in total. The summed E-state index contributed by atoms with van der Waals surface area (Å²) in [7, 11) is 0. The molecule has 0 spiro atoms. The van der Waals surface area contributed by atoms with Gasteiger partial charge in [0.25, 0.3) is 0 Å². The Morgan fingerprint density at radius 3 is 2.61 bits per heavy atom. The van der Waals surface area contributed by atoms with Gasteiger partial charge < -0.3 is 14.4 Å². The number of aryl methyl sites for hydroxylation is 1. The number of pyridine rings is 1. The van der Waals surface area contributed by atoms with E-state index in [-0.39, 0.29) is 5.82 Å². The fourth-order valence-corrected chi connectivity index (χ4v) is 6.36. The number of hydrogen-bond acceptors (Lipinski definition) is 6. The van der Waals surface area contributed by atoms with Crippen LogP contribution in [0, 0.1) is 6.92 Å². The molecule has 3 aromatic rings. The summed E-state index contributed by atoms with van der Waals surface area (Å²) in [5.74, 6) is -0.622. The van der Waals surface area contributed by atoms with Crippen molar-refractivity contribution in [1.29, 1.82) is 0 Å². The molecule has 1 aromatic carbocycles. The second-order valence-electron chi connectivity index (χ2n) is 10.4. The monoisotopic (exact) mass is 588 g/mol. The first-order valence-electron chi connectivity index (χ1n) is 13.4. The van der Waals surface area contributed by atoms with Crippen molar-refractivity contribution in [2.45, 2.75) is 51.1 Å². The number of allylic oxidation sites excluding steroid dienone is 1. The maximum atomic E-state index is 13.7. The molecule has 1 aliphatic heterocycles. The van der Waals surface area contributed by atoms with Gasteiger partial charge in [0.05, 0.1) is 11.9 Å². The average Bonchev–Trinajstić information content (AvgIpc) is 3.60. The molecule has 1 saturated heterocycles. The first-order chi connectivity index (χ1) is 19.5. The number of carbonyl (C=O) groups is 1. The van der Waals surface area contributed by atoms with Gasteiger partial charge >= 0.3 is 12.1 Å². The van der Waals surface area contributed by atoms with Gasteiger partial charge in [0.15, 0.2) is 11.5 Å². The zero-order chi connectivity index (χ0) is 29.3. The van der Waals surface area contributed by atoms with Gasteiger partial charge in [0.2, 0.25) is 0 Å². The number of alkyl halides is 3. The lowest BCUT2D eigenvalue weighted by atomic mass is 9.89. The van der Waals surface area contributed by atoms with Crippen molar-refractivity contribution in [2.75, 3.05) is 26.0 Å². The van der Waals surface area contributed by atoms with Crippen LogP contribution in [0.15, 0.2) is 48.2 Å². The van der Waals surface area contributed by atoms with Crippen molar-refractivity contribution in [1.82, 2.24) is 19.1 Å². The molecule has 0 saturated carbocycles. The molecule has 0 bridgehead atoms. The number of carboxylic acid groups (broad SMARTS) is 1. The van der Waals surface area contributed by atoms with Gasteiger partial charge in [0.1, 0.15) is 24.2 Å². The molecule has 0 amide bonds. The molecular weight excluding hydrogens is 557 g/mol. The third-order valence-corrected chi connectivity index (χ3v) is 8.84. The third kappa shape index (κ3) is 6.29. The van der Waals surface area contributed by atoms with Crippen LogP contribution < -0.4 is 4.74 Å². The van der Waals surface area contributed by atoms with E-state index >= 15 is 0 Å². The van der Waals surface area contributed by atoms with E-state index < -0.39 is 34.8 Å². The van der Waals surface area contributed by atoms with Crippen LogP contribution in [0.1, 0.15) is 70.9 Å². The molecule has 1 fully saturated rings. The summed E-state index contributed by atoms with van der Waals surface area (Å²) in [5, 5.41) is 12.9. The van der Waals surface area contributed by atoms with Crippen molar-refractivity contribution in [3.8, 4) is 11.6 Å². The Morgan fingerprint density at radius 2 is 1.95 bits per heavy atom. The van der Waals surface area contributed by atoms with Gasteiger partial charge in [-0.05, 0) is 85.4 Å². The highest BCUT2D eigenvalue weighted by atomic mass is 32.2. The number of carboxylic acids is 1. The molecule has 1 atom stereocenters. The van der Waals surface area contributed by atoms with Crippen LogP contribution in [0.3, 0.4) is 0 Å². The molecular formula is C29H31F3N4O4S. The second kappa shape index (κ2) is 11.9. The van der Waals surface area contributed by atoms with Crippen molar-refractivity contribution in [3.05, 3.63) is 76.2 Å². The van der Waals surface area contributed by atoms with E-state index in [1.54, 1.807) is 18.4 Å². The highest BCUT2D eigenvalue weighted by Gasteiger charge is 2.41. The Balaban J connectivity index is 1.33. The van der Waals surface area contributed by atoms with E-state index in [9.17, 15) is 27.6 Å². The maximum Gasteiger partial charge on any atom is 0.434 e. The number of hydrogen-bond donors (Lipinski definition) is 1. The van der Waals surface area contributed by atoms with E-state index in [0.717, 1.165) is 61.2 Å². The van der Waals surface area contributed by atoms with E-state index in [4.69, 9.17) is 4.74 Å². The van der Waals surface area contributed by atoms with Crippen molar-refractivity contribution in [3.63, 3.8) is 0 Å². The number of rotatable bonds is 8. The molecule has 5 rings (SSSR count). The Bertz CT molecular complexity index is 1460. The second-order valence-corrected chi connectivity index (χ2v) is 11.7. The quantitative estimate of drug-likeness (QED) is 0.333. The first-order valence-corrected chi connectivity index (χ1v) is 14.9. The number of ether oxygens (including phenoxy) is 1. The zero-order valence-corrected chi connectivity index (χ0v) is 23.6. The van der Waals surface area contributed by atoms with Gasteiger partial charge in [-0.2, -0.15) is 18.3 Å². The van der Waals surface area contributed by atoms with Gasteiger partial charge in [-0.3, -0.25) is 0 Å². The summed E-state index contributed by atoms with van der Waals surface area (Å²) < 4.78 is 61.7. The van der Waals surface area contributed by atoms with Crippen LogP contribution in [0.4, 0.5) is 13.2 Å². The normalized spacial score (nSPS) is 17.7. The fraction of sp³-hybridized carbons (Fsp3) is 0.414. The van der Waals surface area contributed by atoms with Crippen molar-refractivity contribution < 1.29 is 32.4 Å². The average molecular weight is 589 g/mol. The molecule has 3 heterocycles. The zero-order valence-electron chi connectivity index (χ0n) is 22.8. The summed E-state index contributed by atoms with van der Waals surface area (Å²) in [5.41, 5.74) is 2.44. The van der Waals surface area contributed by atoms with E-state index in [2.05, 4.69) is 22.2 Å². The van der Waals surface area contributed by atoms with E-state index in [1.165, 1.54) is 11.6 Å². The molecule has 1 aliphatic carbocycles. The van der Waals surface area contributed by atoms with Gasteiger partial charge in [-0.1, -0.05) is 18.2 Å². The minimum Gasteiger partial charge on any atom is -0.598 e. The third-order valence-electron chi connectivity index (χ3n) is 7.75. The van der Waals surface area contributed by atoms with Crippen LogP contribution >= 0.6 is 0 Å². The van der Waals surface area contributed by atoms with Crippen LogP contribution in [0.25, 0.3) is 11.4 Å². The Kier molecular flexibility index (Phi) is 8.44. The number of piperidine rings is 1. The molecule has 2 aromatic heterocycles. The summed E-state index contributed by atoms with van der Waals surface area (Å²) in [6.07, 6.45) is 1.77. The minimum atomic E-state index is -4.92. The van der Waals surface area contributed by atoms with E-state index in [0.29, 0.717) is 35.5 Å². The predicted molar refractivity (Wildman–Crippen MR) is 148 cm³/mol. The Hall–Kier alpha value is -3.35. The number of aromatic nitrogens is 3. The highest BCUT2D eigenvalue weighted by Crippen LogP contribution is 2.37. The summed E-state index contributed by atoms with van der Waals surface area (Å²) in [6, 6.07) is 10.9. The summed E-state index contributed by atoms with van der Waals surface area (Å²) in [4.78, 5) is 15.8. The topological polar surface area (TPSA) is 104 Å². The largest absolute Gasteiger partial charge is 0.598 e. The lowest BCUT2D eigenvalue weighted by molar-refractivity contribution is -0.143. The number of aromatic carboxylic acids is 1. The number of nitrogens with zero attached hydrogens (tertiary/aromatic N) is 4. The molecule has 1 unspecified atom stereocenters. The number of halogens is 3. The van der Waals surface area contributed by atoms with Gasteiger partial charge in [-0.25, -0.2) is 14.5 Å². The van der Waals surface area contributed by atoms with Crippen LogP contribution in [0.2, 0.25) is 0 Å². The van der Waals surface area contributed by atoms with Crippen LogP contribution in [0.5, 0.6) is 5.75 Å². The summed E-state index contributed by atoms with van der Waals surface area (Å²) in [6.45, 7) is 3.98. The summed E-state index contributed by atoms with van der Waals surface area (Å²) >= 11 is -0.936. The molecule has 41 heavy (non-hydrogen) atoms. The lowest BCUT2D eigenvalue weighted by Gasteiger charge is -2.31. The maximum absolute atomic E-state index is 13.7. The SMILES string of the molecule is Cc1cc(C2CCN([S+](C)[O-])CC2)ccc1OCC1=C(c2cccc(-n3ncc(C(=O)O)c3C(F)(F)F)n2)CCC1. The minimum absolute atomic E-state index is 0.107. The molecule has 12 heteroatoms. The molecule has 2 aliphatic rings. The molecule has 8 nitrogen and oxygen atoms in total. The molecule has 218 valence electrons. The first kappa shape index (κ1) is 29.2. The van der Waals surface area contributed by atoms with Gasteiger partial charge in [-0.15, -0.1) is 4.31 Å². The fourth-order valence-electron chi connectivity index (χ4n) is 5.64. The Morgan fingerprint density at radius 1 is 1.20 bits per heavy atom. The standard InChI is InChI=1S/C29H31F3N4O4S/c1-18-15-20(19-11-13-35(14-12-19)41(2)39)9-10-25(18)40-17-21-5-3-6-22(21)24-7-4-8-26(34-24)36-27(29(30,31)32)23(16-33-36)28(37)38/h4,7-10,15-16,19H,3,5-6,11-14,17H2,1-2H3,(H,37,38). The van der Waals surface area contributed by atoms with Crippen LogP contribution in [-0.2, 0) is 17.5 Å². The number of benzene rings is 1. The highest BCUT2D eigenvalue weighted by molar-refractivity contribution is 7.88. The van der Waals surface area contributed by atoms with Crippen LogP contribution in [-0.4, -0.2) is 60.7 Å². The van der Waals surface area contributed by atoms with Crippen molar-refractivity contribution in [2.24, 2.45) is 0 Å².